The van der Waals surface area contributed by atoms with E-state index in [1.165, 1.54) is 37.4 Å². The highest BCUT2D eigenvalue weighted by Gasteiger charge is 2.44. The molecular weight excluding hydrogens is 435 g/mol. The molecule has 2 atom stereocenters. The third kappa shape index (κ3) is 5.20. The molecular formula is C21H17F5N4O2. The largest absolute Gasteiger partial charge is 0.463 e. The third-order valence-electron chi connectivity index (χ3n) is 4.77. The molecule has 0 saturated heterocycles. The number of ether oxygens (including phenoxy) is 2. The number of pyridine rings is 1. The number of nitriles is 1. The Morgan fingerprint density at radius 3 is 2.75 bits per heavy atom. The van der Waals surface area contributed by atoms with Crippen LogP contribution < -0.4 is 5.73 Å². The lowest BCUT2D eigenvalue weighted by atomic mass is 9.85. The Kier molecular flexibility index (Phi) is 6.45. The molecule has 3 rings (SSSR count). The second-order valence-electron chi connectivity index (χ2n) is 7.10. The van der Waals surface area contributed by atoms with Crippen molar-refractivity contribution in [2.24, 2.45) is 10.7 Å². The van der Waals surface area contributed by atoms with Crippen molar-refractivity contribution in [1.82, 2.24) is 4.98 Å². The SMILES string of the molecule is C[C@]1(c2cc(/C=C(\F)c3ccc(C#N)cn3)ccc2F)N=C(N)OC[C@@H]1OCC(F)(F)F. The summed E-state index contributed by atoms with van der Waals surface area (Å²) in [5.74, 6) is -1.56. The highest BCUT2D eigenvalue weighted by atomic mass is 19.4. The lowest BCUT2D eigenvalue weighted by Gasteiger charge is -2.38. The van der Waals surface area contributed by atoms with Gasteiger partial charge in [-0.2, -0.15) is 18.4 Å². The Balaban J connectivity index is 1.98. The fraction of sp³-hybridized carbons (Fsp3) is 0.286. The van der Waals surface area contributed by atoms with Gasteiger partial charge in [-0.05, 0) is 42.8 Å². The fourth-order valence-electron chi connectivity index (χ4n) is 3.14. The van der Waals surface area contributed by atoms with Crippen molar-refractivity contribution in [3.05, 3.63) is 64.7 Å². The smallest absolute Gasteiger partial charge is 0.411 e. The lowest BCUT2D eigenvalue weighted by molar-refractivity contribution is -0.197. The molecule has 0 fully saturated rings. The maximum Gasteiger partial charge on any atom is 0.411 e. The topological polar surface area (TPSA) is 93.5 Å². The summed E-state index contributed by atoms with van der Waals surface area (Å²) in [7, 11) is 0. The molecule has 2 heterocycles. The zero-order chi connectivity index (χ0) is 23.5. The number of alkyl halides is 3. The fourth-order valence-corrected chi connectivity index (χ4v) is 3.14. The molecule has 6 nitrogen and oxygen atoms in total. The normalized spacial score (nSPS) is 21.5. The minimum atomic E-state index is -4.62. The van der Waals surface area contributed by atoms with Crippen molar-refractivity contribution in [1.29, 1.82) is 5.26 Å². The summed E-state index contributed by atoms with van der Waals surface area (Å²) in [6.45, 7) is -0.620. The van der Waals surface area contributed by atoms with Crippen molar-refractivity contribution >= 4 is 17.9 Å². The van der Waals surface area contributed by atoms with Gasteiger partial charge in [-0.1, -0.05) is 6.07 Å². The Morgan fingerprint density at radius 2 is 2.12 bits per heavy atom. The standard InChI is InChI=1S/C21H17F5N4O2/c1-20(18(10-31-19(28)30-20)32-11-21(24,25)26)14-6-12(2-4-15(14)22)7-16(23)17-5-3-13(8-27)9-29-17/h2-7,9,18H,10-11H2,1H3,(H2,28,30)/b16-7-/t18-,20+/m0/s1. The van der Waals surface area contributed by atoms with Gasteiger partial charge in [-0.3, -0.25) is 4.98 Å². The Hall–Kier alpha value is -3.52. The molecule has 2 aromatic rings. The summed E-state index contributed by atoms with van der Waals surface area (Å²) in [4.78, 5) is 7.84. The number of amidine groups is 1. The number of benzene rings is 1. The van der Waals surface area contributed by atoms with Crippen molar-refractivity contribution in [3.8, 4) is 6.07 Å². The Bertz CT molecular complexity index is 1090. The van der Waals surface area contributed by atoms with E-state index in [-0.39, 0.29) is 35.0 Å². The van der Waals surface area contributed by atoms with Crippen LogP contribution in [0, 0.1) is 17.1 Å². The molecule has 0 amide bonds. The molecule has 0 radical (unpaired) electrons. The molecule has 0 unspecified atom stereocenters. The van der Waals surface area contributed by atoms with Gasteiger partial charge in [0.2, 0.25) is 0 Å². The maximum atomic E-state index is 14.7. The van der Waals surface area contributed by atoms with Crippen molar-refractivity contribution < 1.29 is 31.4 Å². The molecule has 0 saturated carbocycles. The van der Waals surface area contributed by atoms with Crippen LogP contribution in [0.25, 0.3) is 11.9 Å². The average molecular weight is 452 g/mol. The molecule has 1 aromatic heterocycles. The second-order valence-corrected chi connectivity index (χ2v) is 7.10. The van der Waals surface area contributed by atoms with Gasteiger partial charge in [0.05, 0.1) is 11.3 Å². The molecule has 0 bridgehead atoms. The third-order valence-corrected chi connectivity index (χ3v) is 4.77. The van der Waals surface area contributed by atoms with Gasteiger partial charge in [0.15, 0.2) is 0 Å². The van der Waals surface area contributed by atoms with Crippen LogP contribution in [0.3, 0.4) is 0 Å². The molecule has 1 aliphatic heterocycles. The van der Waals surface area contributed by atoms with Crippen LogP contribution in [-0.2, 0) is 15.0 Å². The van der Waals surface area contributed by atoms with Gasteiger partial charge >= 0.3 is 6.18 Å². The van der Waals surface area contributed by atoms with Crippen LogP contribution in [-0.4, -0.2) is 36.5 Å². The molecule has 1 aromatic carbocycles. The van der Waals surface area contributed by atoms with Crippen molar-refractivity contribution in [2.45, 2.75) is 24.7 Å². The second kappa shape index (κ2) is 8.92. The first kappa shape index (κ1) is 23.1. The van der Waals surface area contributed by atoms with E-state index < -0.39 is 36.1 Å². The molecule has 0 spiro atoms. The first-order valence-electron chi connectivity index (χ1n) is 9.22. The maximum absolute atomic E-state index is 14.7. The number of rotatable bonds is 5. The van der Waals surface area contributed by atoms with E-state index in [0.717, 1.165) is 12.1 Å². The van der Waals surface area contributed by atoms with Gasteiger partial charge in [-0.25, -0.2) is 13.8 Å². The molecule has 2 N–H and O–H groups in total. The molecule has 1 aliphatic rings. The Labute approximate surface area is 179 Å². The van der Waals surface area contributed by atoms with E-state index in [2.05, 4.69) is 9.98 Å². The van der Waals surface area contributed by atoms with Crippen LogP contribution in [0.1, 0.15) is 29.3 Å². The summed E-state index contributed by atoms with van der Waals surface area (Å²) in [5.41, 5.74) is 4.16. The van der Waals surface area contributed by atoms with Gasteiger partial charge in [0, 0.05) is 11.8 Å². The van der Waals surface area contributed by atoms with Crippen molar-refractivity contribution in [3.63, 3.8) is 0 Å². The van der Waals surface area contributed by atoms with E-state index >= 15 is 0 Å². The average Bonchev–Trinajstić information content (AvgIpc) is 2.73. The predicted molar refractivity (Wildman–Crippen MR) is 105 cm³/mol. The highest BCUT2D eigenvalue weighted by Crippen LogP contribution is 2.37. The monoisotopic (exact) mass is 452 g/mol. The zero-order valence-corrected chi connectivity index (χ0v) is 16.7. The van der Waals surface area contributed by atoms with Crippen LogP contribution in [0.15, 0.2) is 41.5 Å². The van der Waals surface area contributed by atoms with Crippen molar-refractivity contribution in [2.75, 3.05) is 13.2 Å². The van der Waals surface area contributed by atoms with Crippen LogP contribution in [0.4, 0.5) is 22.0 Å². The summed E-state index contributed by atoms with van der Waals surface area (Å²) in [6.07, 6.45) is -3.66. The van der Waals surface area contributed by atoms with Crippen LogP contribution in [0.5, 0.6) is 0 Å². The highest BCUT2D eigenvalue weighted by molar-refractivity contribution is 5.76. The van der Waals surface area contributed by atoms with Gasteiger partial charge in [0.1, 0.15) is 42.6 Å². The minimum absolute atomic E-state index is 0.0548. The number of aromatic nitrogens is 1. The van der Waals surface area contributed by atoms with E-state index in [1.54, 1.807) is 0 Å². The Morgan fingerprint density at radius 1 is 1.38 bits per heavy atom. The first-order valence-corrected chi connectivity index (χ1v) is 9.22. The van der Waals surface area contributed by atoms with E-state index in [0.29, 0.717) is 0 Å². The van der Waals surface area contributed by atoms with Crippen LogP contribution >= 0.6 is 0 Å². The minimum Gasteiger partial charge on any atom is -0.463 e. The van der Waals surface area contributed by atoms with Gasteiger partial charge in [0.25, 0.3) is 6.02 Å². The molecule has 11 heteroatoms. The number of nitrogens with zero attached hydrogens (tertiary/aromatic N) is 3. The van der Waals surface area contributed by atoms with E-state index in [4.69, 9.17) is 20.5 Å². The number of aliphatic imine (C=N–C) groups is 1. The zero-order valence-electron chi connectivity index (χ0n) is 16.7. The number of nitrogens with two attached hydrogens (primary N) is 1. The van der Waals surface area contributed by atoms with Gasteiger partial charge < -0.3 is 15.2 Å². The predicted octanol–water partition coefficient (Wildman–Crippen LogP) is 4.07. The number of halogens is 5. The molecule has 168 valence electrons. The molecule has 32 heavy (non-hydrogen) atoms. The van der Waals surface area contributed by atoms with Crippen LogP contribution in [0.2, 0.25) is 0 Å². The summed E-state index contributed by atoms with van der Waals surface area (Å²) >= 11 is 0. The lowest BCUT2D eigenvalue weighted by Crippen LogP contribution is -2.48. The molecule has 0 aliphatic carbocycles. The summed E-state index contributed by atoms with van der Waals surface area (Å²) < 4.78 is 77.3. The van der Waals surface area contributed by atoms with E-state index in [9.17, 15) is 22.0 Å². The summed E-state index contributed by atoms with van der Waals surface area (Å²) in [5, 5.41) is 8.79. The first-order chi connectivity index (χ1) is 15.0. The number of hydrogen-bond acceptors (Lipinski definition) is 6. The number of hydrogen-bond donors (Lipinski definition) is 1. The summed E-state index contributed by atoms with van der Waals surface area (Å²) in [6, 6.07) is 7.77. The van der Waals surface area contributed by atoms with Gasteiger partial charge in [-0.15, -0.1) is 0 Å². The quantitative estimate of drug-likeness (QED) is 0.691. The van der Waals surface area contributed by atoms with E-state index in [1.807, 2.05) is 6.07 Å².